The molecular formula is C10H6F3N2O-. The van der Waals surface area contributed by atoms with E-state index >= 15 is 0 Å². The van der Waals surface area contributed by atoms with Crippen LogP contribution in [0.15, 0.2) is 30.5 Å². The molecule has 2 rings (SSSR count). The maximum Gasteiger partial charge on any atom is 0.454 e. The molecule has 1 heterocycles. The quantitative estimate of drug-likeness (QED) is 0.690. The van der Waals surface area contributed by atoms with Gasteiger partial charge in [0.2, 0.25) is 0 Å². The summed E-state index contributed by atoms with van der Waals surface area (Å²) in [5, 5.41) is 0.139. The van der Waals surface area contributed by atoms with Crippen LogP contribution in [-0.2, 0) is 0 Å². The predicted molar refractivity (Wildman–Crippen MR) is 52.0 cm³/mol. The van der Waals surface area contributed by atoms with Crippen molar-refractivity contribution in [2.75, 3.05) is 0 Å². The van der Waals surface area contributed by atoms with Gasteiger partial charge in [0.1, 0.15) is 0 Å². The fourth-order valence-electron chi connectivity index (χ4n) is 1.51. The molecule has 2 aromatic rings. The normalized spacial score (nSPS) is 11.9. The third kappa shape index (κ3) is 1.52. The van der Waals surface area contributed by atoms with E-state index in [0.29, 0.717) is 0 Å². The first-order valence-corrected chi connectivity index (χ1v) is 4.34. The number of para-hydroxylation sites is 1. The van der Waals surface area contributed by atoms with E-state index in [2.05, 4.69) is 0 Å². The number of carbonyl (C=O) groups excluding carboxylic acids is 1. The Kier molecular flexibility index (Phi) is 2.15. The van der Waals surface area contributed by atoms with Crippen LogP contribution in [0.2, 0.25) is 0 Å². The summed E-state index contributed by atoms with van der Waals surface area (Å²) in [7, 11) is 0. The van der Waals surface area contributed by atoms with Crippen LogP contribution in [-0.4, -0.2) is 16.6 Å². The van der Waals surface area contributed by atoms with E-state index in [-0.39, 0.29) is 10.9 Å². The van der Waals surface area contributed by atoms with Gasteiger partial charge in [-0.1, -0.05) is 18.2 Å². The van der Waals surface area contributed by atoms with Crippen LogP contribution in [0.4, 0.5) is 13.2 Å². The molecule has 0 saturated heterocycles. The average Bonchev–Trinajstić information content (AvgIpc) is 2.55. The second-order valence-electron chi connectivity index (χ2n) is 3.26. The highest BCUT2D eigenvalue weighted by Crippen LogP contribution is 2.28. The summed E-state index contributed by atoms with van der Waals surface area (Å²) in [6.45, 7) is 0. The minimum atomic E-state index is -4.91. The molecule has 0 saturated carbocycles. The summed E-state index contributed by atoms with van der Waals surface area (Å²) in [6.07, 6.45) is -4.04. The number of benzene rings is 1. The van der Waals surface area contributed by atoms with Crippen molar-refractivity contribution < 1.29 is 18.0 Å². The van der Waals surface area contributed by atoms with Crippen molar-refractivity contribution in [3.63, 3.8) is 0 Å². The molecule has 0 aliphatic rings. The van der Waals surface area contributed by atoms with Gasteiger partial charge in [-0.05, 0) is 6.07 Å². The van der Waals surface area contributed by atoms with Crippen LogP contribution in [0.25, 0.3) is 16.7 Å². The zero-order valence-electron chi connectivity index (χ0n) is 7.88. The van der Waals surface area contributed by atoms with Crippen LogP contribution in [0, 0.1) is 0 Å². The topological polar surface area (TPSA) is 45.8 Å². The van der Waals surface area contributed by atoms with E-state index in [0.717, 1.165) is 10.9 Å². The van der Waals surface area contributed by atoms with Gasteiger partial charge in [-0.25, -0.2) is 0 Å². The van der Waals surface area contributed by atoms with E-state index < -0.39 is 17.5 Å². The Morgan fingerprint density at radius 1 is 1.25 bits per heavy atom. The average molecular weight is 227 g/mol. The van der Waals surface area contributed by atoms with Crippen LogP contribution < -0.4 is 0 Å². The molecule has 0 fully saturated rings. The maximum absolute atomic E-state index is 12.3. The zero-order valence-corrected chi connectivity index (χ0v) is 7.88. The third-order valence-electron chi connectivity index (χ3n) is 2.21. The summed E-state index contributed by atoms with van der Waals surface area (Å²) >= 11 is 0. The number of fused-ring (bicyclic) bond motifs is 1. The Morgan fingerprint density at radius 3 is 2.50 bits per heavy atom. The molecule has 16 heavy (non-hydrogen) atoms. The number of hydrogen-bond acceptors (Lipinski definition) is 1. The number of nitrogens with zero attached hydrogens (tertiary/aromatic N) is 1. The molecule has 1 aromatic heterocycles. The van der Waals surface area contributed by atoms with Crippen molar-refractivity contribution in [2.45, 2.75) is 6.18 Å². The molecule has 0 radical (unpaired) electrons. The molecule has 0 aliphatic carbocycles. The molecule has 0 unspecified atom stereocenters. The molecule has 0 spiro atoms. The number of halogens is 3. The summed E-state index contributed by atoms with van der Waals surface area (Å²) in [4.78, 5) is 11.1. The van der Waals surface area contributed by atoms with Gasteiger partial charge in [0.25, 0.3) is 5.78 Å². The lowest BCUT2D eigenvalue weighted by Crippen LogP contribution is -2.22. The van der Waals surface area contributed by atoms with E-state index in [4.69, 9.17) is 5.84 Å². The fraction of sp³-hybridized carbons (Fsp3) is 0.100. The van der Waals surface area contributed by atoms with Crippen molar-refractivity contribution >= 4 is 16.7 Å². The number of aromatic nitrogens is 1. The standard InChI is InChI=1S/C10H6F3N2O/c11-10(12,13)9(16)7-5-15(14)8-4-2-1-3-6(7)8/h1-5,14H/q-1. The molecule has 84 valence electrons. The SMILES string of the molecule is [NH-]n1cc(C(=O)C(F)(F)F)c2ccccc21. The zero-order chi connectivity index (χ0) is 11.9. The Morgan fingerprint density at radius 2 is 1.88 bits per heavy atom. The molecule has 6 heteroatoms. The van der Waals surface area contributed by atoms with Gasteiger partial charge in [0.05, 0.1) is 5.56 Å². The van der Waals surface area contributed by atoms with E-state index in [9.17, 15) is 18.0 Å². The maximum atomic E-state index is 12.3. The number of hydrogen-bond donors (Lipinski definition) is 0. The van der Waals surface area contributed by atoms with Gasteiger partial charge in [0.15, 0.2) is 0 Å². The Hall–Kier alpha value is -1.98. The van der Waals surface area contributed by atoms with Gasteiger partial charge in [-0.3, -0.25) is 4.79 Å². The Balaban J connectivity index is 2.67. The number of nitrogens with one attached hydrogen (secondary N) is 1. The molecular weight excluding hydrogens is 221 g/mol. The predicted octanol–water partition coefficient (Wildman–Crippen LogP) is 3.20. The van der Waals surface area contributed by atoms with Crippen molar-refractivity contribution in [3.8, 4) is 0 Å². The van der Waals surface area contributed by atoms with E-state index in [1.54, 1.807) is 6.07 Å². The van der Waals surface area contributed by atoms with Crippen LogP contribution in [0.5, 0.6) is 0 Å². The van der Waals surface area contributed by atoms with Crippen molar-refractivity contribution in [1.29, 1.82) is 0 Å². The molecule has 0 aliphatic heterocycles. The fourth-order valence-corrected chi connectivity index (χ4v) is 1.51. The molecule has 0 bridgehead atoms. The van der Waals surface area contributed by atoms with Gasteiger partial charge in [0, 0.05) is 17.1 Å². The number of rotatable bonds is 1. The number of ketones is 1. The van der Waals surface area contributed by atoms with Crippen molar-refractivity contribution in [3.05, 3.63) is 41.9 Å². The molecule has 3 nitrogen and oxygen atoms in total. The van der Waals surface area contributed by atoms with Crippen LogP contribution in [0.3, 0.4) is 0 Å². The molecule has 0 atom stereocenters. The highest BCUT2D eigenvalue weighted by Gasteiger charge is 2.40. The second kappa shape index (κ2) is 3.26. The number of Topliss-reactive ketones (excluding diaryl/α,β-unsaturated/α-hetero) is 1. The number of carbonyl (C=O) groups is 1. The molecule has 1 N–H and O–H groups in total. The summed E-state index contributed by atoms with van der Waals surface area (Å²) in [6, 6.07) is 5.99. The van der Waals surface area contributed by atoms with E-state index in [1.165, 1.54) is 18.2 Å². The minimum absolute atomic E-state index is 0.139. The lowest BCUT2D eigenvalue weighted by molar-refractivity contribution is -0.0884. The lowest BCUT2D eigenvalue weighted by atomic mass is 10.1. The first-order valence-electron chi connectivity index (χ1n) is 4.34. The molecule has 1 aromatic carbocycles. The van der Waals surface area contributed by atoms with Crippen LogP contribution in [0.1, 0.15) is 10.4 Å². The van der Waals surface area contributed by atoms with Gasteiger partial charge in [-0.15, -0.1) is 0 Å². The highest BCUT2D eigenvalue weighted by atomic mass is 19.4. The number of alkyl halides is 3. The van der Waals surface area contributed by atoms with E-state index in [1.807, 2.05) is 0 Å². The molecule has 0 amide bonds. The first-order chi connectivity index (χ1) is 7.41. The smallest absolute Gasteiger partial charge is 0.454 e. The van der Waals surface area contributed by atoms with Crippen LogP contribution >= 0.6 is 0 Å². The largest absolute Gasteiger partial charge is 0.631 e. The minimum Gasteiger partial charge on any atom is -0.631 e. The van der Waals surface area contributed by atoms with Gasteiger partial charge >= 0.3 is 6.18 Å². The second-order valence-corrected chi connectivity index (χ2v) is 3.26. The van der Waals surface area contributed by atoms with Gasteiger partial charge in [-0.2, -0.15) is 13.2 Å². The Labute approximate surface area is 88.2 Å². The monoisotopic (exact) mass is 227 g/mol. The first kappa shape index (κ1) is 10.5. The summed E-state index contributed by atoms with van der Waals surface area (Å²) < 4.78 is 37.5. The van der Waals surface area contributed by atoms with Crippen molar-refractivity contribution in [1.82, 2.24) is 4.68 Å². The third-order valence-corrected chi connectivity index (χ3v) is 2.21. The van der Waals surface area contributed by atoms with Crippen molar-refractivity contribution in [2.24, 2.45) is 0 Å². The lowest BCUT2D eigenvalue weighted by Gasteiger charge is -2.04. The highest BCUT2D eigenvalue weighted by molar-refractivity contribution is 6.10. The summed E-state index contributed by atoms with van der Waals surface area (Å²) in [5.74, 6) is 5.46. The Bertz CT molecular complexity index is 557. The van der Waals surface area contributed by atoms with Gasteiger partial charge < -0.3 is 10.5 Å². The summed E-state index contributed by atoms with van der Waals surface area (Å²) in [5.41, 5.74) is -0.215.